The number of aryl methyl sites for hydroxylation is 2. The van der Waals surface area contributed by atoms with Gasteiger partial charge in [-0.3, -0.25) is 4.79 Å². The first-order valence-corrected chi connectivity index (χ1v) is 10.2. The van der Waals surface area contributed by atoms with Crippen LogP contribution in [0.25, 0.3) is 0 Å². The van der Waals surface area contributed by atoms with E-state index in [0.717, 1.165) is 34.7 Å². The second-order valence-electron chi connectivity index (χ2n) is 7.73. The molecule has 0 spiro atoms. The Labute approximate surface area is 176 Å². The van der Waals surface area contributed by atoms with Gasteiger partial charge >= 0.3 is 0 Å². The Bertz CT molecular complexity index is 1040. The molecule has 2 heterocycles. The quantitative estimate of drug-likeness (QED) is 0.697. The number of rotatable bonds is 5. The van der Waals surface area contributed by atoms with Gasteiger partial charge in [-0.15, -0.1) is 0 Å². The molecule has 0 aliphatic carbocycles. The predicted octanol–water partition coefficient (Wildman–Crippen LogP) is 3.98. The molecule has 156 valence electrons. The van der Waals surface area contributed by atoms with Gasteiger partial charge in [-0.05, 0) is 61.7 Å². The molecule has 0 saturated heterocycles. The van der Waals surface area contributed by atoms with Crippen molar-refractivity contribution in [2.24, 2.45) is 0 Å². The van der Waals surface area contributed by atoms with Crippen LogP contribution in [0.5, 0.6) is 11.5 Å². The summed E-state index contributed by atoms with van der Waals surface area (Å²) in [6, 6.07) is 13.4. The van der Waals surface area contributed by atoms with E-state index in [1.54, 1.807) is 13.4 Å². The van der Waals surface area contributed by atoms with E-state index < -0.39 is 6.10 Å². The van der Waals surface area contributed by atoms with Crippen molar-refractivity contribution in [3.8, 4) is 11.5 Å². The smallest absolute Gasteiger partial charge is 0.264 e. The predicted molar refractivity (Wildman–Crippen MR) is 115 cm³/mol. The Morgan fingerprint density at radius 2 is 1.87 bits per heavy atom. The summed E-state index contributed by atoms with van der Waals surface area (Å²) in [4.78, 5) is 23.1. The first-order valence-electron chi connectivity index (χ1n) is 10.2. The van der Waals surface area contributed by atoms with E-state index >= 15 is 0 Å². The molecule has 0 radical (unpaired) electrons. The van der Waals surface area contributed by atoms with Crippen molar-refractivity contribution in [1.29, 1.82) is 0 Å². The third-order valence-electron chi connectivity index (χ3n) is 5.78. The molecular weight excluding hydrogens is 378 g/mol. The molecular formula is C24H27N3O3. The molecule has 1 aliphatic heterocycles. The minimum Gasteiger partial charge on any atom is -0.497 e. The zero-order valence-corrected chi connectivity index (χ0v) is 17.8. The highest BCUT2D eigenvalue weighted by molar-refractivity contribution is 5.82. The van der Waals surface area contributed by atoms with Crippen LogP contribution >= 0.6 is 0 Å². The van der Waals surface area contributed by atoms with Crippen LogP contribution in [0.4, 0.5) is 0 Å². The Hall–Kier alpha value is -3.28. The molecule has 1 aromatic heterocycles. The van der Waals surface area contributed by atoms with Crippen LogP contribution in [0.1, 0.15) is 41.0 Å². The molecule has 0 saturated carbocycles. The maximum atomic E-state index is 13.4. The number of ether oxygens (including phenoxy) is 2. The number of nitrogens with one attached hydrogen (secondary N) is 1. The zero-order valence-electron chi connectivity index (χ0n) is 17.8. The molecule has 1 N–H and O–H groups in total. The van der Waals surface area contributed by atoms with Crippen LogP contribution in [-0.4, -0.2) is 40.5 Å². The van der Waals surface area contributed by atoms with Crippen LogP contribution in [0.2, 0.25) is 0 Å². The number of imidazole rings is 1. The van der Waals surface area contributed by atoms with Crippen LogP contribution in [-0.2, 0) is 11.2 Å². The summed E-state index contributed by atoms with van der Waals surface area (Å²) in [5.74, 6) is 1.43. The molecule has 1 aliphatic rings. The number of amides is 1. The van der Waals surface area contributed by atoms with E-state index in [4.69, 9.17) is 9.47 Å². The molecule has 0 unspecified atom stereocenters. The third kappa shape index (κ3) is 3.77. The van der Waals surface area contributed by atoms with E-state index in [2.05, 4.69) is 16.9 Å². The highest BCUT2D eigenvalue weighted by atomic mass is 16.5. The van der Waals surface area contributed by atoms with Crippen molar-refractivity contribution in [3.63, 3.8) is 0 Å². The summed E-state index contributed by atoms with van der Waals surface area (Å²) in [6.45, 7) is 6.51. The van der Waals surface area contributed by atoms with E-state index in [-0.39, 0.29) is 11.9 Å². The van der Waals surface area contributed by atoms with Gasteiger partial charge in [0, 0.05) is 18.7 Å². The van der Waals surface area contributed by atoms with Gasteiger partial charge in [0.05, 0.1) is 19.1 Å². The fourth-order valence-electron chi connectivity index (χ4n) is 3.91. The Morgan fingerprint density at radius 1 is 1.13 bits per heavy atom. The number of carbonyl (C=O) groups is 1. The first-order chi connectivity index (χ1) is 14.5. The first kappa shape index (κ1) is 20.0. The van der Waals surface area contributed by atoms with Gasteiger partial charge in [-0.25, -0.2) is 4.98 Å². The second-order valence-corrected chi connectivity index (χ2v) is 7.73. The van der Waals surface area contributed by atoms with Gasteiger partial charge in [0.2, 0.25) is 0 Å². The normalized spacial score (nSPS) is 16.7. The minimum absolute atomic E-state index is 0.0531. The lowest BCUT2D eigenvalue weighted by atomic mass is 9.95. The van der Waals surface area contributed by atoms with Gasteiger partial charge in [0.25, 0.3) is 5.91 Å². The van der Waals surface area contributed by atoms with Crippen molar-refractivity contribution in [1.82, 2.24) is 14.9 Å². The van der Waals surface area contributed by atoms with E-state index in [9.17, 15) is 4.79 Å². The molecule has 1 amide bonds. The maximum Gasteiger partial charge on any atom is 0.264 e. The Kier molecular flexibility index (Phi) is 5.48. The summed E-state index contributed by atoms with van der Waals surface area (Å²) in [6.07, 6.45) is 1.84. The Balaban J connectivity index is 1.61. The largest absolute Gasteiger partial charge is 0.497 e. The van der Waals surface area contributed by atoms with Crippen molar-refractivity contribution >= 4 is 5.91 Å². The van der Waals surface area contributed by atoms with Crippen LogP contribution in [0.15, 0.2) is 48.8 Å². The molecule has 0 fully saturated rings. The number of hydrogen-bond acceptors (Lipinski definition) is 4. The van der Waals surface area contributed by atoms with Crippen LogP contribution in [0.3, 0.4) is 0 Å². The number of carbonyl (C=O) groups excluding carboxylic acids is 1. The lowest BCUT2D eigenvalue weighted by Crippen LogP contribution is -2.46. The van der Waals surface area contributed by atoms with Crippen LogP contribution < -0.4 is 9.47 Å². The summed E-state index contributed by atoms with van der Waals surface area (Å²) >= 11 is 0. The molecule has 6 heteroatoms. The second kappa shape index (κ2) is 8.22. The van der Waals surface area contributed by atoms with Crippen LogP contribution in [0, 0.1) is 13.8 Å². The monoisotopic (exact) mass is 405 g/mol. The molecule has 3 aromatic rings. The molecule has 0 bridgehead atoms. The van der Waals surface area contributed by atoms with Crippen molar-refractivity contribution < 1.29 is 14.3 Å². The molecule has 2 atom stereocenters. The summed E-state index contributed by atoms with van der Waals surface area (Å²) in [5.41, 5.74) is 5.29. The summed E-state index contributed by atoms with van der Waals surface area (Å²) in [7, 11) is 1.64. The number of methoxy groups -OCH3 is 1. The number of fused-ring (bicyclic) bond motifs is 1. The lowest BCUT2D eigenvalue weighted by molar-refractivity contribution is -0.140. The number of aromatic amines is 1. The zero-order chi connectivity index (χ0) is 21.3. The van der Waals surface area contributed by atoms with Crippen molar-refractivity contribution in [2.75, 3.05) is 13.7 Å². The molecule has 30 heavy (non-hydrogen) atoms. The summed E-state index contributed by atoms with van der Waals surface area (Å²) < 4.78 is 11.3. The molecule has 2 aromatic carbocycles. The van der Waals surface area contributed by atoms with Crippen molar-refractivity contribution in [2.45, 2.75) is 39.3 Å². The van der Waals surface area contributed by atoms with Gasteiger partial charge in [0.1, 0.15) is 17.5 Å². The standard InChI is InChI=1S/C24H27N3O3/c1-15-5-8-20(13-16(15)2)30-17(3)24(28)27-12-11-21-22(26-14-25-21)23(27)18-6-9-19(29-4)10-7-18/h5-10,13-14,17,23H,11-12H2,1-4H3,(H,25,26)/t17-,23+/m0/s1. The van der Waals surface area contributed by atoms with E-state index in [1.165, 1.54) is 5.56 Å². The van der Waals surface area contributed by atoms with Crippen molar-refractivity contribution in [3.05, 3.63) is 76.9 Å². The SMILES string of the molecule is COc1ccc([C@@H]2c3nc[nH]c3CCN2C(=O)[C@H](C)Oc2ccc(C)c(C)c2)cc1. The summed E-state index contributed by atoms with van der Waals surface area (Å²) in [5, 5.41) is 0. The minimum atomic E-state index is -0.603. The van der Waals surface area contributed by atoms with Gasteiger partial charge in [0.15, 0.2) is 6.10 Å². The third-order valence-corrected chi connectivity index (χ3v) is 5.78. The topological polar surface area (TPSA) is 67.5 Å². The molecule has 4 rings (SSSR count). The highest BCUT2D eigenvalue weighted by Crippen LogP contribution is 2.34. The van der Waals surface area contributed by atoms with Gasteiger partial charge in [-0.2, -0.15) is 0 Å². The fraction of sp³-hybridized carbons (Fsp3) is 0.333. The number of nitrogens with zero attached hydrogens (tertiary/aromatic N) is 2. The fourth-order valence-corrected chi connectivity index (χ4v) is 3.91. The molecule has 6 nitrogen and oxygen atoms in total. The number of benzene rings is 2. The average Bonchev–Trinajstić information content (AvgIpc) is 3.24. The number of hydrogen-bond donors (Lipinski definition) is 1. The Morgan fingerprint density at radius 3 is 2.57 bits per heavy atom. The maximum absolute atomic E-state index is 13.4. The van der Waals surface area contributed by atoms with Gasteiger partial charge < -0.3 is 19.4 Å². The average molecular weight is 405 g/mol. The lowest BCUT2D eigenvalue weighted by Gasteiger charge is -2.36. The number of H-pyrrole nitrogens is 1. The van der Waals surface area contributed by atoms with E-state index in [1.807, 2.05) is 61.2 Å². The number of aromatic nitrogens is 2. The van der Waals surface area contributed by atoms with Gasteiger partial charge in [-0.1, -0.05) is 18.2 Å². The van der Waals surface area contributed by atoms with E-state index in [0.29, 0.717) is 12.3 Å². The highest BCUT2D eigenvalue weighted by Gasteiger charge is 2.36.